The lowest BCUT2D eigenvalue weighted by atomic mass is 10.2. The van der Waals surface area contributed by atoms with Crippen LogP contribution in [0.25, 0.3) is 16.6 Å². The van der Waals surface area contributed by atoms with Crippen molar-refractivity contribution in [2.45, 2.75) is 25.9 Å². The van der Waals surface area contributed by atoms with Crippen molar-refractivity contribution >= 4 is 22.7 Å². The normalized spacial score (nSPS) is 11.3. The van der Waals surface area contributed by atoms with E-state index in [0.29, 0.717) is 11.3 Å². The van der Waals surface area contributed by atoms with E-state index in [-0.39, 0.29) is 5.56 Å². The maximum Gasteiger partial charge on any atom is 0.266 e. The zero-order valence-corrected chi connectivity index (χ0v) is 14.4. The van der Waals surface area contributed by atoms with Gasteiger partial charge in [0, 0.05) is 5.75 Å². The second-order valence-corrected chi connectivity index (χ2v) is 7.03. The maximum atomic E-state index is 13.1. The summed E-state index contributed by atoms with van der Waals surface area (Å²) >= 11 is 1.64. The lowest BCUT2D eigenvalue weighted by Crippen LogP contribution is -2.22. The number of para-hydroxylation sites is 2. The van der Waals surface area contributed by atoms with Gasteiger partial charge in [-0.25, -0.2) is 4.98 Å². The van der Waals surface area contributed by atoms with Gasteiger partial charge < -0.3 is 0 Å². The quantitative estimate of drug-likeness (QED) is 0.525. The van der Waals surface area contributed by atoms with Crippen molar-refractivity contribution in [3.63, 3.8) is 0 Å². The van der Waals surface area contributed by atoms with Crippen LogP contribution in [0.5, 0.6) is 0 Å². The molecule has 1 aromatic heterocycles. The standard InChI is InChI=1S/C19H20N2OS/c1-13(2)12-23-19-20-16-10-6-5-9-15(16)18(22)21(19)17-11-7-4-8-14(17)3/h4-11,13H,12H2,1-3H3. The molecule has 1 heterocycles. The van der Waals surface area contributed by atoms with Crippen LogP contribution in [-0.2, 0) is 0 Å². The topological polar surface area (TPSA) is 34.9 Å². The van der Waals surface area contributed by atoms with Crippen molar-refractivity contribution in [1.82, 2.24) is 9.55 Å². The molecule has 0 aliphatic carbocycles. The van der Waals surface area contributed by atoms with Gasteiger partial charge in [-0.1, -0.05) is 55.9 Å². The summed E-state index contributed by atoms with van der Waals surface area (Å²) in [6.07, 6.45) is 0. The van der Waals surface area contributed by atoms with Crippen molar-refractivity contribution < 1.29 is 0 Å². The highest BCUT2D eigenvalue weighted by molar-refractivity contribution is 7.99. The molecule has 0 radical (unpaired) electrons. The van der Waals surface area contributed by atoms with Crippen LogP contribution in [0.3, 0.4) is 0 Å². The molecule has 0 saturated heterocycles. The van der Waals surface area contributed by atoms with Gasteiger partial charge in [-0.15, -0.1) is 0 Å². The van der Waals surface area contributed by atoms with Gasteiger partial charge in [0.05, 0.1) is 16.6 Å². The SMILES string of the molecule is Cc1ccccc1-n1c(SCC(C)C)nc2ccccc2c1=O. The van der Waals surface area contributed by atoms with Crippen LogP contribution in [0.2, 0.25) is 0 Å². The molecule has 0 saturated carbocycles. The van der Waals surface area contributed by atoms with E-state index in [9.17, 15) is 4.79 Å². The van der Waals surface area contributed by atoms with Crippen molar-refractivity contribution in [1.29, 1.82) is 0 Å². The minimum absolute atomic E-state index is 0.00356. The summed E-state index contributed by atoms with van der Waals surface area (Å²) in [7, 11) is 0. The van der Waals surface area contributed by atoms with Gasteiger partial charge in [0.15, 0.2) is 5.16 Å². The number of thioether (sulfide) groups is 1. The zero-order chi connectivity index (χ0) is 16.4. The molecule has 0 aliphatic rings. The number of aromatic nitrogens is 2. The van der Waals surface area contributed by atoms with Crippen LogP contribution in [0.4, 0.5) is 0 Å². The van der Waals surface area contributed by atoms with E-state index in [1.54, 1.807) is 16.3 Å². The minimum atomic E-state index is -0.00356. The number of benzene rings is 2. The van der Waals surface area contributed by atoms with Crippen LogP contribution < -0.4 is 5.56 Å². The predicted octanol–water partition coefficient (Wildman–Crippen LogP) is 4.44. The third kappa shape index (κ3) is 3.17. The van der Waals surface area contributed by atoms with Crippen molar-refractivity contribution in [3.05, 3.63) is 64.4 Å². The Morgan fingerprint density at radius 1 is 1.09 bits per heavy atom. The van der Waals surface area contributed by atoms with Crippen molar-refractivity contribution in [2.75, 3.05) is 5.75 Å². The molecule has 0 N–H and O–H groups in total. The Kier molecular flexibility index (Phi) is 4.53. The highest BCUT2D eigenvalue weighted by atomic mass is 32.2. The second-order valence-electron chi connectivity index (χ2n) is 6.04. The smallest absolute Gasteiger partial charge is 0.266 e. The highest BCUT2D eigenvalue weighted by Gasteiger charge is 2.14. The molecule has 118 valence electrons. The Hall–Kier alpha value is -2.07. The average molecular weight is 324 g/mol. The molecular weight excluding hydrogens is 304 g/mol. The third-order valence-electron chi connectivity index (χ3n) is 3.65. The second kappa shape index (κ2) is 6.59. The average Bonchev–Trinajstić information content (AvgIpc) is 2.54. The summed E-state index contributed by atoms with van der Waals surface area (Å²) in [6.45, 7) is 6.36. The van der Waals surface area contributed by atoms with Crippen LogP contribution in [0.1, 0.15) is 19.4 Å². The number of aryl methyl sites for hydroxylation is 1. The summed E-state index contributed by atoms with van der Waals surface area (Å²) in [5.41, 5.74) is 2.73. The van der Waals surface area contributed by atoms with Gasteiger partial charge in [0.25, 0.3) is 5.56 Å². The highest BCUT2D eigenvalue weighted by Crippen LogP contribution is 2.24. The first-order valence-corrected chi connectivity index (χ1v) is 8.77. The summed E-state index contributed by atoms with van der Waals surface area (Å²) in [4.78, 5) is 17.8. The first-order chi connectivity index (χ1) is 11.1. The van der Waals surface area contributed by atoms with Gasteiger partial charge in [-0.3, -0.25) is 9.36 Å². The lowest BCUT2D eigenvalue weighted by Gasteiger charge is -2.15. The van der Waals surface area contributed by atoms with E-state index >= 15 is 0 Å². The van der Waals surface area contributed by atoms with Crippen LogP contribution in [0, 0.1) is 12.8 Å². The molecule has 2 aromatic carbocycles. The Morgan fingerprint density at radius 3 is 2.52 bits per heavy atom. The van der Waals surface area contributed by atoms with E-state index < -0.39 is 0 Å². The van der Waals surface area contributed by atoms with Gasteiger partial charge >= 0.3 is 0 Å². The number of hydrogen-bond acceptors (Lipinski definition) is 3. The van der Waals surface area contributed by atoms with Gasteiger partial charge in [0.1, 0.15) is 0 Å². The van der Waals surface area contributed by atoms with Crippen LogP contribution in [0.15, 0.2) is 58.5 Å². The summed E-state index contributed by atoms with van der Waals surface area (Å²) in [5, 5.41) is 1.42. The minimum Gasteiger partial charge on any atom is -0.268 e. The zero-order valence-electron chi connectivity index (χ0n) is 13.6. The Balaban J connectivity index is 2.28. The Labute approximate surface area is 140 Å². The Bertz CT molecular complexity index is 899. The molecule has 0 atom stereocenters. The molecule has 23 heavy (non-hydrogen) atoms. The fourth-order valence-electron chi connectivity index (χ4n) is 2.48. The summed E-state index contributed by atoms with van der Waals surface area (Å²) in [5.74, 6) is 1.46. The fourth-order valence-corrected chi connectivity index (χ4v) is 3.43. The molecule has 3 aromatic rings. The number of fused-ring (bicyclic) bond motifs is 1. The van der Waals surface area contributed by atoms with Crippen LogP contribution in [-0.4, -0.2) is 15.3 Å². The first-order valence-electron chi connectivity index (χ1n) is 7.78. The van der Waals surface area contributed by atoms with Gasteiger partial charge in [-0.2, -0.15) is 0 Å². The number of hydrogen-bond donors (Lipinski definition) is 0. The Morgan fingerprint density at radius 2 is 1.78 bits per heavy atom. The van der Waals surface area contributed by atoms with E-state index in [4.69, 9.17) is 4.98 Å². The number of rotatable bonds is 4. The van der Waals surface area contributed by atoms with E-state index in [2.05, 4.69) is 13.8 Å². The summed E-state index contributed by atoms with van der Waals surface area (Å²) < 4.78 is 1.75. The molecule has 0 amide bonds. The number of nitrogens with zero attached hydrogens (tertiary/aromatic N) is 2. The largest absolute Gasteiger partial charge is 0.268 e. The molecule has 0 spiro atoms. The predicted molar refractivity (Wildman–Crippen MR) is 97.6 cm³/mol. The van der Waals surface area contributed by atoms with E-state index in [1.807, 2.05) is 55.5 Å². The molecule has 4 heteroatoms. The van der Waals surface area contributed by atoms with E-state index in [1.165, 1.54) is 0 Å². The maximum absolute atomic E-state index is 13.1. The third-order valence-corrected chi connectivity index (χ3v) is 5.01. The monoisotopic (exact) mass is 324 g/mol. The molecule has 0 unspecified atom stereocenters. The van der Waals surface area contributed by atoms with Gasteiger partial charge in [-0.05, 0) is 36.6 Å². The molecule has 0 aliphatic heterocycles. The van der Waals surface area contributed by atoms with Crippen molar-refractivity contribution in [2.24, 2.45) is 5.92 Å². The van der Waals surface area contributed by atoms with Crippen LogP contribution >= 0.6 is 11.8 Å². The van der Waals surface area contributed by atoms with Gasteiger partial charge in [0.2, 0.25) is 0 Å². The summed E-state index contributed by atoms with van der Waals surface area (Å²) in [6, 6.07) is 15.5. The molecule has 0 bridgehead atoms. The van der Waals surface area contributed by atoms with Crippen molar-refractivity contribution in [3.8, 4) is 5.69 Å². The molecular formula is C19H20N2OS. The lowest BCUT2D eigenvalue weighted by molar-refractivity contribution is 0.742. The molecule has 0 fully saturated rings. The first kappa shape index (κ1) is 15.8. The fraction of sp³-hybridized carbons (Fsp3) is 0.263. The molecule has 3 rings (SSSR count). The molecule has 3 nitrogen and oxygen atoms in total. The van der Waals surface area contributed by atoms with E-state index in [0.717, 1.165) is 27.7 Å².